The average Bonchev–Trinajstić information content (AvgIpc) is 2.73. The number of benzene rings is 2. The fourth-order valence-corrected chi connectivity index (χ4v) is 3.45. The van der Waals surface area contributed by atoms with E-state index >= 15 is 0 Å². The van der Waals surface area contributed by atoms with E-state index in [-0.39, 0.29) is 5.97 Å². The summed E-state index contributed by atoms with van der Waals surface area (Å²) in [5.41, 5.74) is 1.20. The third kappa shape index (κ3) is 4.31. The molecule has 1 heterocycles. The van der Waals surface area contributed by atoms with Gasteiger partial charge in [-0.1, -0.05) is 42.5 Å². The molecule has 3 rings (SSSR count). The van der Waals surface area contributed by atoms with Gasteiger partial charge in [0.15, 0.2) is 11.5 Å². The van der Waals surface area contributed by atoms with Crippen LogP contribution in [0.1, 0.15) is 24.0 Å². The van der Waals surface area contributed by atoms with Crippen molar-refractivity contribution in [3.05, 3.63) is 65.7 Å². The molecule has 2 aromatic carbocycles. The van der Waals surface area contributed by atoms with Gasteiger partial charge in [-0.15, -0.1) is 0 Å². The molecule has 0 radical (unpaired) electrons. The number of ether oxygens (including phenoxy) is 3. The predicted octanol–water partition coefficient (Wildman–Crippen LogP) is 3.54. The first-order chi connectivity index (χ1) is 13.2. The maximum Gasteiger partial charge on any atom is 0.331 e. The molecule has 27 heavy (non-hydrogen) atoms. The van der Waals surface area contributed by atoms with Crippen LogP contribution in [-0.2, 0) is 15.1 Å². The largest absolute Gasteiger partial charge is 0.493 e. The highest BCUT2D eigenvalue weighted by Crippen LogP contribution is 2.35. The highest BCUT2D eigenvalue weighted by molar-refractivity contribution is 5.88. The second-order valence-corrected chi connectivity index (χ2v) is 6.45. The van der Waals surface area contributed by atoms with Crippen molar-refractivity contribution in [3.63, 3.8) is 0 Å². The summed E-state index contributed by atoms with van der Waals surface area (Å²) in [5.74, 6) is 0.835. The first-order valence-corrected chi connectivity index (χ1v) is 9.07. The lowest BCUT2D eigenvalue weighted by molar-refractivity contribution is -0.157. The molecule has 1 aliphatic rings. The fraction of sp³-hybridized carbons (Fsp3) is 0.318. The molecule has 0 saturated carbocycles. The van der Waals surface area contributed by atoms with Crippen molar-refractivity contribution in [3.8, 4) is 11.5 Å². The fourth-order valence-electron chi connectivity index (χ4n) is 3.45. The van der Waals surface area contributed by atoms with Crippen LogP contribution >= 0.6 is 0 Å². The van der Waals surface area contributed by atoms with Crippen molar-refractivity contribution in [2.45, 2.75) is 18.4 Å². The van der Waals surface area contributed by atoms with E-state index in [0.717, 1.165) is 37.1 Å². The maximum absolute atomic E-state index is 12.6. The smallest absolute Gasteiger partial charge is 0.331 e. The van der Waals surface area contributed by atoms with Gasteiger partial charge >= 0.3 is 5.97 Å². The molecule has 1 aliphatic heterocycles. The molecule has 1 fully saturated rings. The number of para-hydroxylation sites is 1. The number of hydrogen-bond donors (Lipinski definition) is 1. The van der Waals surface area contributed by atoms with Crippen LogP contribution in [0.2, 0.25) is 0 Å². The minimum Gasteiger partial charge on any atom is -0.493 e. The molecule has 0 spiro atoms. The Bertz CT molecular complexity index is 795. The molecule has 0 amide bonds. The van der Waals surface area contributed by atoms with Gasteiger partial charge in [-0.2, -0.15) is 0 Å². The third-order valence-corrected chi connectivity index (χ3v) is 4.84. The van der Waals surface area contributed by atoms with E-state index in [0.29, 0.717) is 11.5 Å². The molecule has 142 valence electrons. The zero-order valence-corrected chi connectivity index (χ0v) is 15.7. The van der Waals surface area contributed by atoms with Gasteiger partial charge in [-0.25, -0.2) is 4.79 Å². The molecular formula is C22H25NO4. The Kier molecular flexibility index (Phi) is 6.14. The Labute approximate surface area is 159 Å². The summed E-state index contributed by atoms with van der Waals surface area (Å²) in [7, 11) is 3.16. The van der Waals surface area contributed by atoms with Gasteiger partial charge in [-0.3, -0.25) is 0 Å². The van der Waals surface area contributed by atoms with Crippen LogP contribution in [0.3, 0.4) is 0 Å². The molecule has 1 saturated heterocycles. The maximum atomic E-state index is 12.6. The summed E-state index contributed by atoms with van der Waals surface area (Å²) in [6.07, 6.45) is 4.64. The highest BCUT2D eigenvalue weighted by Gasteiger charge is 2.37. The first-order valence-electron chi connectivity index (χ1n) is 9.07. The summed E-state index contributed by atoms with van der Waals surface area (Å²) in [6.45, 7) is 1.63. The van der Waals surface area contributed by atoms with E-state index in [2.05, 4.69) is 5.32 Å². The van der Waals surface area contributed by atoms with Crippen LogP contribution in [0.4, 0.5) is 0 Å². The van der Waals surface area contributed by atoms with Gasteiger partial charge < -0.3 is 19.5 Å². The summed E-state index contributed by atoms with van der Waals surface area (Å²) >= 11 is 0. The monoisotopic (exact) mass is 367 g/mol. The normalized spacial score (nSPS) is 16.1. The topological polar surface area (TPSA) is 56.8 Å². The van der Waals surface area contributed by atoms with Crippen LogP contribution in [0.25, 0.3) is 6.08 Å². The van der Waals surface area contributed by atoms with Crippen LogP contribution in [0, 0.1) is 0 Å². The van der Waals surface area contributed by atoms with E-state index in [9.17, 15) is 4.79 Å². The van der Waals surface area contributed by atoms with E-state index in [1.165, 1.54) is 6.08 Å². The number of piperidine rings is 1. The van der Waals surface area contributed by atoms with Gasteiger partial charge in [0.1, 0.15) is 5.60 Å². The van der Waals surface area contributed by atoms with Crippen LogP contribution in [-0.4, -0.2) is 33.3 Å². The van der Waals surface area contributed by atoms with E-state index in [1.807, 2.05) is 48.5 Å². The number of esters is 1. The lowest BCUT2D eigenvalue weighted by Gasteiger charge is -2.37. The Morgan fingerprint density at radius 3 is 2.41 bits per heavy atom. The van der Waals surface area contributed by atoms with Crippen LogP contribution < -0.4 is 14.8 Å². The lowest BCUT2D eigenvalue weighted by Crippen LogP contribution is -2.42. The number of rotatable bonds is 6. The molecule has 0 aromatic heterocycles. The first kappa shape index (κ1) is 19.0. The summed E-state index contributed by atoms with van der Waals surface area (Å²) in [4.78, 5) is 12.6. The summed E-state index contributed by atoms with van der Waals surface area (Å²) in [5, 5.41) is 3.33. The Morgan fingerprint density at radius 1 is 1.00 bits per heavy atom. The SMILES string of the molecule is COc1cccc(/C=C/C(=O)OC2(c3ccccc3)CCNCC2)c1OC. The van der Waals surface area contributed by atoms with E-state index in [4.69, 9.17) is 14.2 Å². The molecule has 0 unspecified atom stereocenters. The molecular weight excluding hydrogens is 342 g/mol. The van der Waals surface area contributed by atoms with Crippen LogP contribution in [0.5, 0.6) is 11.5 Å². The Morgan fingerprint density at radius 2 is 1.74 bits per heavy atom. The zero-order chi connectivity index (χ0) is 19.1. The number of carbonyl (C=O) groups is 1. The van der Waals surface area contributed by atoms with Crippen molar-refractivity contribution >= 4 is 12.0 Å². The van der Waals surface area contributed by atoms with Gasteiger partial charge in [0.25, 0.3) is 0 Å². The molecule has 0 aliphatic carbocycles. The van der Waals surface area contributed by atoms with Crippen molar-refractivity contribution in [2.75, 3.05) is 27.3 Å². The summed E-state index contributed by atoms with van der Waals surface area (Å²) in [6, 6.07) is 15.5. The van der Waals surface area contributed by atoms with Gasteiger partial charge in [0.05, 0.1) is 14.2 Å². The van der Waals surface area contributed by atoms with Crippen molar-refractivity contribution in [1.82, 2.24) is 5.32 Å². The third-order valence-electron chi connectivity index (χ3n) is 4.84. The molecule has 5 heteroatoms. The molecule has 5 nitrogen and oxygen atoms in total. The van der Waals surface area contributed by atoms with Crippen LogP contribution in [0.15, 0.2) is 54.6 Å². The van der Waals surface area contributed by atoms with Crippen molar-refractivity contribution in [1.29, 1.82) is 0 Å². The second-order valence-electron chi connectivity index (χ2n) is 6.45. The van der Waals surface area contributed by atoms with Crippen molar-refractivity contribution < 1.29 is 19.0 Å². The zero-order valence-electron chi connectivity index (χ0n) is 15.7. The van der Waals surface area contributed by atoms with Gasteiger partial charge in [-0.05, 0) is 30.8 Å². The Hall–Kier alpha value is -2.79. The second kappa shape index (κ2) is 8.73. The number of hydrogen-bond acceptors (Lipinski definition) is 5. The number of methoxy groups -OCH3 is 2. The number of carbonyl (C=O) groups excluding carboxylic acids is 1. The minimum absolute atomic E-state index is 0.370. The molecule has 1 N–H and O–H groups in total. The van der Waals surface area contributed by atoms with E-state index < -0.39 is 5.60 Å². The molecule has 0 atom stereocenters. The Balaban J connectivity index is 1.80. The summed E-state index contributed by atoms with van der Waals surface area (Å²) < 4.78 is 16.7. The molecule has 2 aromatic rings. The highest BCUT2D eigenvalue weighted by atomic mass is 16.6. The van der Waals surface area contributed by atoms with Gasteiger partial charge in [0, 0.05) is 24.5 Å². The lowest BCUT2D eigenvalue weighted by atomic mass is 9.85. The molecule has 0 bridgehead atoms. The van der Waals surface area contributed by atoms with Gasteiger partial charge in [0.2, 0.25) is 0 Å². The predicted molar refractivity (Wildman–Crippen MR) is 105 cm³/mol. The van der Waals surface area contributed by atoms with Crippen molar-refractivity contribution in [2.24, 2.45) is 0 Å². The van der Waals surface area contributed by atoms with E-state index in [1.54, 1.807) is 20.3 Å². The average molecular weight is 367 g/mol. The minimum atomic E-state index is -0.591. The quantitative estimate of drug-likeness (QED) is 0.625. The standard InChI is InChI=1S/C22H25NO4/c1-25-19-10-6-7-17(21(19)26-2)11-12-20(24)27-22(13-15-23-16-14-22)18-8-4-3-5-9-18/h3-12,23H,13-16H2,1-2H3/b12-11+. The number of nitrogens with one attached hydrogen (secondary N) is 1.